The minimum Gasteiger partial charge on any atom is -0.439 e. The average Bonchev–Trinajstić information content (AvgIpc) is 2.92. The van der Waals surface area contributed by atoms with Crippen LogP contribution in [0.4, 0.5) is 14.5 Å². The zero-order chi connectivity index (χ0) is 17.2. The summed E-state index contributed by atoms with van der Waals surface area (Å²) < 4.78 is 31.8. The van der Waals surface area contributed by atoms with E-state index in [4.69, 9.17) is 4.74 Å². The summed E-state index contributed by atoms with van der Waals surface area (Å²) in [4.78, 5) is 16.0. The van der Waals surface area contributed by atoms with Gasteiger partial charge in [-0.2, -0.15) is 0 Å². The Kier molecular flexibility index (Phi) is 7.74. The SMILES string of the molecule is Cc1ccc(Oc2ccc(NC(=O)C3CC(F)(F)CN3)cn2)cc1.Cl.Cl. The van der Waals surface area contributed by atoms with Gasteiger partial charge in [0.15, 0.2) is 0 Å². The number of aromatic nitrogens is 1. The topological polar surface area (TPSA) is 63.2 Å². The van der Waals surface area contributed by atoms with E-state index in [1.807, 2.05) is 31.2 Å². The van der Waals surface area contributed by atoms with Crippen LogP contribution in [-0.4, -0.2) is 29.4 Å². The number of aryl methyl sites for hydroxylation is 1. The highest BCUT2D eigenvalue weighted by atomic mass is 35.5. The lowest BCUT2D eigenvalue weighted by Crippen LogP contribution is -2.35. The Bertz CT molecular complexity index is 728. The van der Waals surface area contributed by atoms with E-state index in [1.165, 1.54) is 6.20 Å². The van der Waals surface area contributed by atoms with E-state index < -0.39 is 30.8 Å². The molecule has 1 fully saturated rings. The summed E-state index contributed by atoms with van der Waals surface area (Å²) in [5, 5.41) is 5.08. The number of rotatable bonds is 4. The lowest BCUT2D eigenvalue weighted by Gasteiger charge is -2.11. The normalized spacial score (nSPS) is 17.6. The first kappa shape index (κ1) is 22.1. The Balaban J connectivity index is 0.00000169. The van der Waals surface area contributed by atoms with Crippen molar-refractivity contribution in [3.8, 4) is 11.6 Å². The van der Waals surface area contributed by atoms with Gasteiger partial charge >= 0.3 is 0 Å². The molecule has 1 aliphatic heterocycles. The van der Waals surface area contributed by atoms with E-state index in [0.29, 0.717) is 17.3 Å². The maximum Gasteiger partial charge on any atom is 0.262 e. The number of hydrogen-bond acceptors (Lipinski definition) is 4. The van der Waals surface area contributed by atoms with Gasteiger partial charge in [0, 0.05) is 12.5 Å². The maximum absolute atomic E-state index is 13.1. The molecule has 3 rings (SSSR count). The van der Waals surface area contributed by atoms with Crippen LogP contribution in [0.2, 0.25) is 0 Å². The largest absolute Gasteiger partial charge is 0.439 e. The molecule has 0 spiro atoms. The zero-order valence-corrected chi connectivity index (χ0v) is 15.5. The molecule has 5 nitrogen and oxygen atoms in total. The van der Waals surface area contributed by atoms with E-state index in [9.17, 15) is 13.6 Å². The zero-order valence-electron chi connectivity index (χ0n) is 13.9. The van der Waals surface area contributed by atoms with Crippen LogP contribution in [0.15, 0.2) is 42.6 Å². The number of carbonyl (C=O) groups excluding carboxylic acids is 1. The molecule has 1 aromatic carbocycles. The van der Waals surface area contributed by atoms with Gasteiger partial charge < -0.3 is 10.1 Å². The molecule has 1 amide bonds. The third-order valence-corrected chi connectivity index (χ3v) is 3.67. The van der Waals surface area contributed by atoms with Crippen LogP contribution in [-0.2, 0) is 4.79 Å². The van der Waals surface area contributed by atoms with Gasteiger partial charge in [0.2, 0.25) is 11.8 Å². The van der Waals surface area contributed by atoms with Crippen LogP contribution in [0.25, 0.3) is 0 Å². The summed E-state index contributed by atoms with van der Waals surface area (Å²) in [7, 11) is 0. The second kappa shape index (κ2) is 9.12. The van der Waals surface area contributed by atoms with Crippen molar-refractivity contribution in [1.29, 1.82) is 0 Å². The number of alkyl halides is 2. The van der Waals surface area contributed by atoms with Crippen molar-refractivity contribution in [1.82, 2.24) is 10.3 Å². The summed E-state index contributed by atoms with van der Waals surface area (Å²) in [6, 6.07) is 9.83. The molecule has 1 unspecified atom stereocenters. The Morgan fingerprint density at radius 3 is 2.46 bits per heavy atom. The number of hydrogen-bond donors (Lipinski definition) is 2. The Morgan fingerprint density at radius 2 is 1.92 bits per heavy atom. The predicted octanol–water partition coefficient (Wildman–Crippen LogP) is 3.96. The summed E-state index contributed by atoms with van der Waals surface area (Å²) in [5.74, 6) is -2.31. The standard InChI is InChI=1S/C17H17F2N3O2.2ClH/c1-11-2-5-13(6-3-11)24-15-7-4-12(9-20-15)22-16(23)14-8-17(18,19)10-21-14;;/h2-7,9,14,21H,8,10H2,1H3,(H,22,23);2*1H. The van der Waals surface area contributed by atoms with Crippen LogP contribution in [0, 0.1) is 6.92 Å². The highest BCUT2D eigenvalue weighted by molar-refractivity contribution is 5.95. The molecule has 1 saturated heterocycles. The van der Waals surface area contributed by atoms with Crippen molar-refractivity contribution in [2.75, 3.05) is 11.9 Å². The molecule has 2 heterocycles. The van der Waals surface area contributed by atoms with E-state index in [0.717, 1.165) is 5.56 Å². The monoisotopic (exact) mass is 405 g/mol. The molecule has 26 heavy (non-hydrogen) atoms. The van der Waals surface area contributed by atoms with Crippen molar-refractivity contribution in [2.45, 2.75) is 25.3 Å². The minimum atomic E-state index is -2.84. The summed E-state index contributed by atoms with van der Waals surface area (Å²) in [6.45, 7) is 1.50. The Hall–Kier alpha value is -1.96. The van der Waals surface area contributed by atoms with Gasteiger partial charge in [-0.05, 0) is 25.1 Å². The number of benzene rings is 1. The fourth-order valence-electron chi connectivity index (χ4n) is 2.37. The summed E-state index contributed by atoms with van der Waals surface area (Å²) >= 11 is 0. The number of amides is 1. The lowest BCUT2D eigenvalue weighted by atomic mass is 10.2. The molecule has 2 aromatic rings. The molecule has 0 bridgehead atoms. The Labute approximate surface area is 162 Å². The number of nitrogens with one attached hydrogen (secondary N) is 2. The second-order valence-corrected chi connectivity index (χ2v) is 5.78. The third-order valence-electron chi connectivity index (χ3n) is 3.67. The molecule has 9 heteroatoms. The van der Waals surface area contributed by atoms with Crippen molar-refractivity contribution in [2.24, 2.45) is 0 Å². The van der Waals surface area contributed by atoms with Gasteiger partial charge in [0.25, 0.3) is 5.92 Å². The van der Waals surface area contributed by atoms with Gasteiger partial charge in [-0.1, -0.05) is 17.7 Å². The molecule has 2 N–H and O–H groups in total. The Morgan fingerprint density at radius 1 is 1.23 bits per heavy atom. The molecule has 142 valence electrons. The van der Waals surface area contributed by atoms with Crippen LogP contribution < -0.4 is 15.4 Å². The van der Waals surface area contributed by atoms with E-state index in [-0.39, 0.29) is 24.8 Å². The third kappa shape index (κ3) is 5.79. The number of pyridine rings is 1. The highest BCUT2D eigenvalue weighted by Gasteiger charge is 2.42. The quantitative estimate of drug-likeness (QED) is 0.807. The predicted molar refractivity (Wildman–Crippen MR) is 100.0 cm³/mol. The fourth-order valence-corrected chi connectivity index (χ4v) is 2.37. The maximum atomic E-state index is 13.1. The fraction of sp³-hybridized carbons (Fsp3) is 0.294. The van der Waals surface area contributed by atoms with Gasteiger partial charge in [-0.3, -0.25) is 10.1 Å². The first-order chi connectivity index (χ1) is 11.4. The van der Waals surface area contributed by atoms with Gasteiger partial charge in [0.05, 0.1) is 24.5 Å². The molecule has 1 aromatic heterocycles. The number of anilines is 1. The minimum absolute atomic E-state index is 0. The van der Waals surface area contributed by atoms with Crippen LogP contribution >= 0.6 is 24.8 Å². The summed E-state index contributed by atoms with van der Waals surface area (Å²) in [6.07, 6.45) is 0.926. The van der Waals surface area contributed by atoms with E-state index in [1.54, 1.807) is 12.1 Å². The smallest absolute Gasteiger partial charge is 0.262 e. The number of carbonyl (C=O) groups is 1. The highest BCUT2D eigenvalue weighted by Crippen LogP contribution is 2.26. The van der Waals surface area contributed by atoms with Crippen molar-refractivity contribution in [3.63, 3.8) is 0 Å². The summed E-state index contributed by atoms with van der Waals surface area (Å²) in [5.41, 5.74) is 1.55. The van der Waals surface area contributed by atoms with Crippen molar-refractivity contribution < 1.29 is 18.3 Å². The molecule has 0 saturated carbocycles. The first-order valence-corrected chi connectivity index (χ1v) is 7.54. The second-order valence-electron chi connectivity index (χ2n) is 5.78. The van der Waals surface area contributed by atoms with Gasteiger partial charge in [0.1, 0.15) is 5.75 Å². The van der Waals surface area contributed by atoms with Gasteiger partial charge in [-0.15, -0.1) is 24.8 Å². The number of nitrogens with zero attached hydrogens (tertiary/aromatic N) is 1. The average molecular weight is 406 g/mol. The molecule has 0 aliphatic carbocycles. The molecular weight excluding hydrogens is 387 g/mol. The molecule has 1 atom stereocenters. The van der Waals surface area contributed by atoms with E-state index in [2.05, 4.69) is 15.6 Å². The van der Waals surface area contributed by atoms with Crippen molar-refractivity contribution in [3.05, 3.63) is 48.2 Å². The van der Waals surface area contributed by atoms with E-state index >= 15 is 0 Å². The van der Waals surface area contributed by atoms with Crippen LogP contribution in [0.1, 0.15) is 12.0 Å². The van der Waals surface area contributed by atoms with Crippen LogP contribution in [0.5, 0.6) is 11.6 Å². The number of halogens is 4. The first-order valence-electron chi connectivity index (χ1n) is 7.54. The van der Waals surface area contributed by atoms with Gasteiger partial charge in [-0.25, -0.2) is 13.8 Å². The molecular formula is C17H19Cl2F2N3O2. The molecule has 0 radical (unpaired) electrons. The molecule has 1 aliphatic rings. The number of ether oxygens (including phenoxy) is 1. The van der Waals surface area contributed by atoms with Crippen LogP contribution in [0.3, 0.4) is 0 Å². The van der Waals surface area contributed by atoms with Crippen molar-refractivity contribution >= 4 is 36.4 Å². The lowest BCUT2D eigenvalue weighted by molar-refractivity contribution is -0.118.